The third-order valence-corrected chi connectivity index (χ3v) is 2.27. The summed E-state index contributed by atoms with van der Waals surface area (Å²) in [7, 11) is 0. The van der Waals surface area contributed by atoms with E-state index < -0.39 is 17.8 Å². The Hall–Kier alpha value is -2.04. The van der Waals surface area contributed by atoms with Gasteiger partial charge in [-0.15, -0.1) is 0 Å². The van der Waals surface area contributed by atoms with Crippen LogP contribution in [-0.2, 0) is 20.8 Å². The molecule has 0 saturated carbocycles. The summed E-state index contributed by atoms with van der Waals surface area (Å²) in [4.78, 5) is 26.6. The van der Waals surface area contributed by atoms with Crippen molar-refractivity contribution in [3.05, 3.63) is 29.8 Å². The number of amides is 1. The van der Waals surface area contributed by atoms with Gasteiger partial charge in [0.05, 0.1) is 0 Å². The predicted molar refractivity (Wildman–Crippen MR) is 49.5 cm³/mol. The van der Waals surface area contributed by atoms with Crippen molar-refractivity contribution in [3.63, 3.8) is 0 Å². The molecule has 1 amide bonds. The molecule has 1 atom stereocenters. The van der Waals surface area contributed by atoms with Crippen molar-refractivity contribution in [2.45, 2.75) is 6.42 Å². The maximum Gasteiger partial charge on any atom is 0.345 e. The predicted octanol–water partition coefficient (Wildman–Crippen LogP) is 0.139. The standard InChI is InChI=1S/C10H9NO4/c12-8-4-2-1-3-6(8)5-7-9(13)11-15-10(7)14/h1-4,7,12H,5H2,(H,11,13). The minimum absolute atomic E-state index is 0.0741. The average molecular weight is 207 g/mol. The van der Waals surface area contributed by atoms with E-state index in [1.165, 1.54) is 6.07 Å². The Kier molecular flexibility index (Phi) is 2.29. The van der Waals surface area contributed by atoms with Gasteiger partial charge in [0.25, 0.3) is 5.91 Å². The van der Waals surface area contributed by atoms with Gasteiger partial charge in [-0.25, -0.2) is 4.79 Å². The molecule has 0 aliphatic carbocycles. The van der Waals surface area contributed by atoms with Crippen LogP contribution in [-0.4, -0.2) is 17.0 Å². The molecule has 5 heteroatoms. The van der Waals surface area contributed by atoms with Gasteiger partial charge < -0.3 is 9.94 Å². The SMILES string of the molecule is O=C1NOC(=O)C1Cc1ccccc1O. The quantitative estimate of drug-likeness (QED) is 0.676. The van der Waals surface area contributed by atoms with Gasteiger partial charge in [0.15, 0.2) is 0 Å². The van der Waals surface area contributed by atoms with Crippen molar-refractivity contribution in [2.24, 2.45) is 5.92 Å². The van der Waals surface area contributed by atoms with Crippen LogP contribution in [0.1, 0.15) is 5.56 Å². The summed E-state index contributed by atoms with van der Waals surface area (Å²) in [5.41, 5.74) is 2.54. The van der Waals surface area contributed by atoms with Gasteiger partial charge in [-0.1, -0.05) is 18.2 Å². The van der Waals surface area contributed by atoms with E-state index in [-0.39, 0.29) is 12.2 Å². The highest BCUT2D eigenvalue weighted by atomic mass is 16.7. The summed E-state index contributed by atoms with van der Waals surface area (Å²) >= 11 is 0. The van der Waals surface area contributed by atoms with E-state index in [0.717, 1.165) is 0 Å². The van der Waals surface area contributed by atoms with Crippen LogP contribution < -0.4 is 5.48 Å². The molecule has 0 spiro atoms. The smallest absolute Gasteiger partial charge is 0.345 e. The molecule has 1 saturated heterocycles. The minimum Gasteiger partial charge on any atom is -0.508 e. The van der Waals surface area contributed by atoms with Gasteiger partial charge in [-0.3, -0.25) is 4.79 Å². The molecule has 15 heavy (non-hydrogen) atoms. The fraction of sp³-hybridized carbons (Fsp3) is 0.200. The number of carbonyl (C=O) groups is 2. The fourth-order valence-electron chi connectivity index (χ4n) is 1.43. The molecule has 1 aromatic rings. The van der Waals surface area contributed by atoms with Gasteiger partial charge >= 0.3 is 5.97 Å². The van der Waals surface area contributed by atoms with Crippen molar-refractivity contribution in [1.82, 2.24) is 5.48 Å². The summed E-state index contributed by atoms with van der Waals surface area (Å²) in [6.45, 7) is 0. The van der Waals surface area contributed by atoms with Crippen LogP contribution in [0.15, 0.2) is 24.3 Å². The Labute approximate surface area is 85.6 Å². The molecule has 1 heterocycles. The van der Waals surface area contributed by atoms with Crippen molar-refractivity contribution < 1.29 is 19.5 Å². The number of rotatable bonds is 2. The molecule has 0 radical (unpaired) electrons. The zero-order chi connectivity index (χ0) is 10.8. The number of benzene rings is 1. The third-order valence-electron chi connectivity index (χ3n) is 2.27. The van der Waals surface area contributed by atoms with E-state index in [4.69, 9.17) is 0 Å². The van der Waals surface area contributed by atoms with Crippen LogP contribution in [0.2, 0.25) is 0 Å². The zero-order valence-corrected chi connectivity index (χ0v) is 7.77. The monoisotopic (exact) mass is 207 g/mol. The lowest BCUT2D eigenvalue weighted by atomic mass is 9.99. The highest BCUT2D eigenvalue weighted by Crippen LogP contribution is 2.21. The van der Waals surface area contributed by atoms with E-state index in [1.807, 2.05) is 5.48 Å². The molecular formula is C10H9NO4. The molecule has 1 aromatic carbocycles. The fourth-order valence-corrected chi connectivity index (χ4v) is 1.43. The number of aromatic hydroxyl groups is 1. The van der Waals surface area contributed by atoms with Gasteiger partial charge in [-0.2, -0.15) is 5.48 Å². The van der Waals surface area contributed by atoms with E-state index in [0.29, 0.717) is 5.56 Å². The minimum atomic E-state index is -0.863. The first-order chi connectivity index (χ1) is 7.18. The van der Waals surface area contributed by atoms with Crippen LogP contribution in [0.25, 0.3) is 0 Å². The summed E-state index contributed by atoms with van der Waals surface area (Å²) in [6.07, 6.45) is 0.150. The number of carbonyl (C=O) groups excluding carboxylic acids is 2. The highest BCUT2D eigenvalue weighted by Gasteiger charge is 2.36. The van der Waals surface area contributed by atoms with Gasteiger partial charge in [-0.05, 0) is 18.1 Å². The number of phenolic OH excluding ortho intramolecular Hbond substituents is 1. The summed E-state index contributed by atoms with van der Waals surface area (Å²) in [6, 6.07) is 6.57. The van der Waals surface area contributed by atoms with Gasteiger partial charge in [0, 0.05) is 0 Å². The number of hydrogen-bond donors (Lipinski definition) is 2. The molecule has 0 aromatic heterocycles. The number of nitrogens with one attached hydrogen (secondary N) is 1. The number of hydroxylamine groups is 1. The lowest BCUT2D eigenvalue weighted by Crippen LogP contribution is -2.21. The average Bonchev–Trinajstić information content (AvgIpc) is 2.53. The first-order valence-electron chi connectivity index (χ1n) is 4.46. The molecule has 2 rings (SSSR count). The van der Waals surface area contributed by atoms with E-state index in [1.54, 1.807) is 18.2 Å². The Bertz CT molecular complexity index is 400. The molecule has 2 N–H and O–H groups in total. The summed E-state index contributed by atoms with van der Waals surface area (Å²) in [5.74, 6) is -1.87. The molecular weight excluding hydrogens is 198 g/mol. The number of hydrogen-bond acceptors (Lipinski definition) is 4. The van der Waals surface area contributed by atoms with Gasteiger partial charge in [0.2, 0.25) is 0 Å². The first-order valence-corrected chi connectivity index (χ1v) is 4.46. The van der Waals surface area contributed by atoms with Crippen LogP contribution >= 0.6 is 0 Å². The van der Waals surface area contributed by atoms with Crippen LogP contribution in [0, 0.1) is 5.92 Å². The highest BCUT2D eigenvalue weighted by molar-refractivity contribution is 6.01. The second-order valence-electron chi connectivity index (χ2n) is 3.27. The maximum absolute atomic E-state index is 11.2. The van der Waals surface area contributed by atoms with Crippen molar-refractivity contribution in [2.75, 3.05) is 0 Å². The molecule has 78 valence electrons. The molecule has 5 nitrogen and oxygen atoms in total. The second-order valence-corrected chi connectivity index (χ2v) is 3.27. The molecule has 1 unspecified atom stereocenters. The Morgan fingerprint density at radius 3 is 2.67 bits per heavy atom. The Morgan fingerprint density at radius 2 is 2.07 bits per heavy atom. The largest absolute Gasteiger partial charge is 0.508 e. The van der Waals surface area contributed by atoms with Gasteiger partial charge in [0.1, 0.15) is 11.7 Å². The zero-order valence-electron chi connectivity index (χ0n) is 7.77. The van der Waals surface area contributed by atoms with Crippen molar-refractivity contribution in [1.29, 1.82) is 0 Å². The molecule has 1 aliphatic rings. The molecule has 1 fully saturated rings. The van der Waals surface area contributed by atoms with Crippen LogP contribution in [0.4, 0.5) is 0 Å². The molecule has 1 aliphatic heterocycles. The number of phenols is 1. The topological polar surface area (TPSA) is 75.6 Å². The lowest BCUT2D eigenvalue weighted by Gasteiger charge is -2.04. The third kappa shape index (κ3) is 1.76. The van der Waals surface area contributed by atoms with Crippen LogP contribution in [0.3, 0.4) is 0 Å². The van der Waals surface area contributed by atoms with E-state index in [9.17, 15) is 14.7 Å². The van der Waals surface area contributed by atoms with Crippen molar-refractivity contribution >= 4 is 11.9 Å². The summed E-state index contributed by atoms with van der Waals surface area (Å²) in [5, 5.41) is 9.46. The second kappa shape index (κ2) is 3.61. The first kappa shape index (κ1) is 9.51. The number of para-hydroxylation sites is 1. The van der Waals surface area contributed by atoms with Crippen molar-refractivity contribution in [3.8, 4) is 5.75 Å². The molecule has 0 bridgehead atoms. The van der Waals surface area contributed by atoms with Crippen LogP contribution in [0.5, 0.6) is 5.75 Å². The Morgan fingerprint density at radius 1 is 1.33 bits per heavy atom. The maximum atomic E-state index is 11.2. The lowest BCUT2D eigenvalue weighted by molar-refractivity contribution is -0.146. The normalized spacial score (nSPS) is 19.9. The van der Waals surface area contributed by atoms with E-state index in [2.05, 4.69) is 4.84 Å². The van der Waals surface area contributed by atoms with E-state index >= 15 is 0 Å². The Balaban J connectivity index is 2.18. The summed E-state index contributed by atoms with van der Waals surface area (Å²) < 4.78 is 0.